The van der Waals surface area contributed by atoms with Crippen LogP contribution in [0.5, 0.6) is 0 Å². The number of hydrogen-bond donors (Lipinski definition) is 3. The van der Waals surface area contributed by atoms with Gasteiger partial charge in [0.2, 0.25) is 0 Å². The Morgan fingerprint density at radius 3 is 2.68 bits per heavy atom. The summed E-state index contributed by atoms with van der Waals surface area (Å²) in [5, 5.41) is 2.84. The van der Waals surface area contributed by atoms with Crippen LogP contribution >= 0.6 is 0 Å². The van der Waals surface area contributed by atoms with E-state index in [1.54, 1.807) is 6.26 Å². The van der Waals surface area contributed by atoms with E-state index < -0.39 is 22.0 Å². The number of aromatic amines is 1. The second-order valence-corrected chi connectivity index (χ2v) is 5.78. The van der Waals surface area contributed by atoms with Crippen LogP contribution in [0.25, 0.3) is 0 Å². The Labute approximate surface area is 113 Å². The number of aromatic nitrogens is 2. The van der Waals surface area contributed by atoms with Gasteiger partial charge in [0.25, 0.3) is 5.56 Å². The minimum absolute atomic E-state index is 0.129. The summed E-state index contributed by atoms with van der Waals surface area (Å²) in [6, 6.07) is 0. The van der Waals surface area contributed by atoms with Crippen molar-refractivity contribution in [2.24, 2.45) is 0 Å². The van der Waals surface area contributed by atoms with Gasteiger partial charge in [0.05, 0.1) is 0 Å². The Hall–Kier alpha value is -1.57. The number of nitrogens with zero attached hydrogens (tertiary/aromatic N) is 1. The van der Waals surface area contributed by atoms with Crippen LogP contribution in [0.15, 0.2) is 9.59 Å². The molecule has 0 fully saturated rings. The van der Waals surface area contributed by atoms with Crippen LogP contribution in [-0.2, 0) is 17.3 Å². The van der Waals surface area contributed by atoms with Gasteiger partial charge in [0.15, 0.2) is 0 Å². The number of rotatable bonds is 7. The normalized spacial score (nSPS) is 12.3. The summed E-state index contributed by atoms with van der Waals surface area (Å²) in [6.07, 6.45) is 3.30. The number of anilines is 2. The van der Waals surface area contributed by atoms with E-state index in [1.165, 1.54) is 4.57 Å². The van der Waals surface area contributed by atoms with Crippen LogP contribution < -0.4 is 22.3 Å². The van der Waals surface area contributed by atoms with Gasteiger partial charge in [-0.15, -0.1) is 0 Å². The molecule has 8 heteroatoms. The molecule has 7 nitrogen and oxygen atoms in total. The van der Waals surface area contributed by atoms with Gasteiger partial charge in [-0.05, 0) is 6.42 Å². The lowest BCUT2D eigenvalue weighted by molar-refractivity contribution is 0.605. The van der Waals surface area contributed by atoms with E-state index in [2.05, 4.69) is 10.3 Å². The number of unbranched alkanes of at least 4 members (excludes halogenated alkanes) is 1. The highest BCUT2D eigenvalue weighted by molar-refractivity contribution is 7.84. The largest absolute Gasteiger partial charge is 0.383 e. The first-order chi connectivity index (χ1) is 8.97. The second kappa shape index (κ2) is 7.13. The molecule has 1 aromatic rings. The Morgan fingerprint density at radius 2 is 2.11 bits per heavy atom. The molecule has 0 saturated carbocycles. The molecule has 0 aliphatic heterocycles. The van der Waals surface area contributed by atoms with Crippen molar-refractivity contribution in [3.05, 3.63) is 20.8 Å². The van der Waals surface area contributed by atoms with Crippen molar-refractivity contribution in [2.45, 2.75) is 26.3 Å². The van der Waals surface area contributed by atoms with Crippen molar-refractivity contribution in [1.82, 2.24) is 9.55 Å². The maximum absolute atomic E-state index is 11.7. The van der Waals surface area contributed by atoms with Gasteiger partial charge in [0, 0.05) is 35.9 Å². The molecule has 0 amide bonds. The van der Waals surface area contributed by atoms with E-state index in [9.17, 15) is 13.8 Å². The number of hydrogen-bond acceptors (Lipinski definition) is 5. The van der Waals surface area contributed by atoms with Crippen LogP contribution in [0, 0.1) is 0 Å². The molecule has 1 rings (SSSR count). The molecule has 1 unspecified atom stereocenters. The highest BCUT2D eigenvalue weighted by Gasteiger charge is 2.11. The first-order valence-electron chi connectivity index (χ1n) is 6.13. The van der Waals surface area contributed by atoms with E-state index in [0.717, 1.165) is 12.8 Å². The van der Waals surface area contributed by atoms with Gasteiger partial charge in [0.1, 0.15) is 11.5 Å². The molecule has 0 spiro atoms. The standard InChI is InChI=1S/C11H20N4O3S/c1-3-4-6-15-9(12)8(10(16)14-11(15)17)13-5-7-19(2)18/h13H,3-7,12H2,1-2H3,(H,14,16,17). The molecular weight excluding hydrogens is 268 g/mol. The molecule has 0 bridgehead atoms. The maximum atomic E-state index is 11.7. The van der Waals surface area contributed by atoms with Crippen molar-refractivity contribution in [2.75, 3.05) is 29.6 Å². The average molecular weight is 288 g/mol. The Bertz CT molecular complexity index is 564. The zero-order valence-electron chi connectivity index (χ0n) is 11.2. The number of nitrogens with one attached hydrogen (secondary N) is 2. The van der Waals surface area contributed by atoms with Gasteiger partial charge in [-0.1, -0.05) is 13.3 Å². The van der Waals surface area contributed by atoms with Crippen LogP contribution in [0.4, 0.5) is 11.5 Å². The lowest BCUT2D eigenvalue weighted by atomic mass is 10.3. The fourth-order valence-electron chi connectivity index (χ4n) is 1.62. The third kappa shape index (κ3) is 4.23. The van der Waals surface area contributed by atoms with Gasteiger partial charge < -0.3 is 11.1 Å². The molecule has 4 N–H and O–H groups in total. The van der Waals surface area contributed by atoms with Crippen molar-refractivity contribution in [3.63, 3.8) is 0 Å². The average Bonchev–Trinajstić information content (AvgIpc) is 2.32. The first-order valence-corrected chi connectivity index (χ1v) is 7.86. The number of nitrogens with two attached hydrogens (primary N) is 1. The molecule has 0 aromatic carbocycles. The SMILES string of the molecule is CCCCn1c(N)c(NCCS(C)=O)c(=O)[nH]c1=O. The van der Waals surface area contributed by atoms with Crippen molar-refractivity contribution < 1.29 is 4.21 Å². The summed E-state index contributed by atoms with van der Waals surface area (Å²) in [5.74, 6) is 0.538. The summed E-state index contributed by atoms with van der Waals surface area (Å²) in [7, 11) is -0.951. The molecule has 0 radical (unpaired) electrons. The maximum Gasteiger partial charge on any atom is 0.330 e. The van der Waals surface area contributed by atoms with Crippen LogP contribution in [-0.4, -0.2) is 32.3 Å². The molecule has 1 atom stereocenters. The second-order valence-electron chi connectivity index (χ2n) is 4.23. The van der Waals surface area contributed by atoms with Crippen LogP contribution in [0.3, 0.4) is 0 Å². The minimum atomic E-state index is -0.951. The van der Waals surface area contributed by atoms with Crippen LogP contribution in [0.1, 0.15) is 19.8 Å². The number of H-pyrrole nitrogens is 1. The van der Waals surface area contributed by atoms with Gasteiger partial charge in [-0.2, -0.15) is 0 Å². The Morgan fingerprint density at radius 1 is 1.42 bits per heavy atom. The van der Waals surface area contributed by atoms with Crippen LogP contribution in [0.2, 0.25) is 0 Å². The third-order valence-corrected chi connectivity index (χ3v) is 3.45. The predicted molar refractivity (Wildman–Crippen MR) is 78.1 cm³/mol. The topological polar surface area (TPSA) is 110 Å². The van der Waals surface area contributed by atoms with Crippen molar-refractivity contribution >= 4 is 22.3 Å². The van der Waals surface area contributed by atoms with Crippen molar-refractivity contribution in [3.8, 4) is 0 Å². The fraction of sp³-hybridized carbons (Fsp3) is 0.636. The van der Waals surface area contributed by atoms with E-state index in [4.69, 9.17) is 5.73 Å². The monoisotopic (exact) mass is 288 g/mol. The van der Waals surface area contributed by atoms with Gasteiger partial charge >= 0.3 is 5.69 Å². The summed E-state index contributed by atoms with van der Waals surface area (Å²) < 4.78 is 12.3. The van der Waals surface area contributed by atoms with E-state index >= 15 is 0 Å². The molecule has 108 valence electrons. The predicted octanol–water partition coefficient (Wildman–Crippen LogP) is -0.291. The molecule has 1 heterocycles. The lowest BCUT2D eigenvalue weighted by Crippen LogP contribution is -2.34. The number of nitrogen functional groups attached to an aromatic ring is 1. The lowest BCUT2D eigenvalue weighted by Gasteiger charge is -2.13. The zero-order valence-corrected chi connectivity index (χ0v) is 12.0. The highest BCUT2D eigenvalue weighted by atomic mass is 32.2. The Balaban J connectivity index is 3.00. The van der Waals surface area contributed by atoms with Crippen molar-refractivity contribution in [1.29, 1.82) is 0 Å². The van der Waals surface area contributed by atoms with E-state index in [-0.39, 0.29) is 11.5 Å². The molecular formula is C11H20N4O3S. The zero-order chi connectivity index (χ0) is 14.4. The summed E-state index contributed by atoms with van der Waals surface area (Å²) in [4.78, 5) is 25.6. The van der Waals surface area contributed by atoms with Gasteiger partial charge in [-0.3, -0.25) is 18.6 Å². The molecule has 0 aliphatic carbocycles. The summed E-state index contributed by atoms with van der Waals surface area (Å²) in [5.41, 5.74) is 4.97. The minimum Gasteiger partial charge on any atom is -0.383 e. The van der Waals surface area contributed by atoms with Gasteiger partial charge in [-0.25, -0.2) is 4.79 Å². The molecule has 1 aromatic heterocycles. The molecule has 0 aliphatic rings. The highest BCUT2D eigenvalue weighted by Crippen LogP contribution is 2.10. The Kier molecular flexibility index (Phi) is 5.81. The molecule has 0 saturated heterocycles. The van der Waals surface area contributed by atoms with E-state index in [0.29, 0.717) is 18.8 Å². The quantitative estimate of drug-likeness (QED) is 0.638. The fourth-order valence-corrected chi connectivity index (χ4v) is 2.01. The first kappa shape index (κ1) is 15.5. The van der Waals surface area contributed by atoms with E-state index in [1.807, 2.05) is 6.92 Å². The smallest absolute Gasteiger partial charge is 0.330 e. The third-order valence-electron chi connectivity index (χ3n) is 2.67. The summed E-state index contributed by atoms with van der Waals surface area (Å²) >= 11 is 0. The summed E-state index contributed by atoms with van der Waals surface area (Å²) in [6.45, 7) is 2.83. The molecule has 19 heavy (non-hydrogen) atoms.